The topological polar surface area (TPSA) is 54.0 Å². The Balaban J connectivity index is 1.14. The minimum absolute atomic E-state index is 0.0478. The normalized spacial score (nSPS) is 20.3. The number of piperazine rings is 1. The number of hydrogen-bond donors (Lipinski definition) is 1. The number of nitrogens with one attached hydrogen (secondary N) is 1. The van der Waals surface area contributed by atoms with Gasteiger partial charge in [0, 0.05) is 49.7 Å². The van der Waals surface area contributed by atoms with Crippen molar-refractivity contribution in [1.82, 2.24) is 15.1 Å². The minimum atomic E-state index is -0.109. The molecule has 3 aromatic rings. The Morgan fingerprint density at radius 1 is 1.00 bits per heavy atom. The predicted molar refractivity (Wildman–Crippen MR) is 146 cm³/mol. The van der Waals surface area contributed by atoms with Gasteiger partial charge in [-0.05, 0) is 47.4 Å². The Labute approximate surface area is 224 Å². The molecule has 194 valence electrons. The summed E-state index contributed by atoms with van der Waals surface area (Å²) in [7, 11) is 1.67. The van der Waals surface area contributed by atoms with E-state index >= 15 is 0 Å². The summed E-state index contributed by atoms with van der Waals surface area (Å²) in [6.07, 6.45) is 0.908. The first-order chi connectivity index (χ1) is 18.1. The summed E-state index contributed by atoms with van der Waals surface area (Å²) >= 11 is 6.14. The molecule has 1 N–H and O–H groups in total. The number of carbonyl (C=O) groups is 1. The van der Waals surface area contributed by atoms with Crippen molar-refractivity contribution in [3.63, 3.8) is 0 Å². The summed E-state index contributed by atoms with van der Waals surface area (Å²) in [6, 6.07) is 26.5. The number of benzene rings is 3. The van der Waals surface area contributed by atoms with E-state index in [4.69, 9.17) is 21.1 Å². The van der Waals surface area contributed by atoms with Crippen molar-refractivity contribution in [2.24, 2.45) is 0 Å². The van der Waals surface area contributed by atoms with Crippen LogP contribution >= 0.6 is 11.6 Å². The van der Waals surface area contributed by atoms with Crippen LogP contribution in [0.1, 0.15) is 35.1 Å². The van der Waals surface area contributed by atoms with E-state index in [9.17, 15) is 4.79 Å². The fourth-order valence-electron chi connectivity index (χ4n) is 4.93. The van der Waals surface area contributed by atoms with Gasteiger partial charge < -0.3 is 19.7 Å². The Morgan fingerprint density at radius 2 is 1.76 bits per heavy atom. The lowest BCUT2D eigenvalue weighted by molar-refractivity contribution is 0.00550. The highest BCUT2D eigenvalue weighted by atomic mass is 35.5. The first-order valence-corrected chi connectivity index (χ1v) is 13.3. The van der Waals surface area contributed by atoms with E-state index < -0.39 is 0 Å². The molecule has 0 unspecified atom stereocenters. The smallest absolute Gasteiger partial charge is 0.317 e. The standard InChI is InChI=1S/C30H34ClN3O3/c1-36-26-9-5-6-22(18-26)21-37-29(24-10-12-25(31)13-11-24)20-33-14-16-34(17-15-33)30(35)32-28-19-27(28)23-7-3-2-4-8-23/h2-13,18,27-29H,14-17,19-21H2,1H3,(H,32,35)/t27-,28-,29+/m0/s1. The molecule has 1 aliphatic carbocycles. The second-order valence-corrected chi connectivity index (χ2v) is 10.2. The molecule has 3 aromatic carbocycles. The lowest BCUT2D eigenvalue weighted by atomic mass is 10.1. The number of ether oxygens (including phenoxy) is 2. The lowest BCUT2D eigenvalue weighted by Crippen LogP contribution is -2.52. The third kappa shape index (κ3) is 6.83. The van der Waals surface area contributed by atoms with Gasteiger partial charge in [0.15, 0.2) is 0 Å². The molecule has 3 atom stereocenters. The van der Waals surface area contributed by atoms with Crippen LogP contribution < -0.4 is 10.1 Å². The molecule has 1 saturated heterocycles. The monoisotopic (exact) mass is 519 g/mol. The van der Waals surface area contributed by atoms with E-state index in [-0.39, 0.29) is 18.2 Å². The van der Waals surface area contributed by atoms with Gasteiger partial charge in [0.25, 0.3) is 0 Å². The van der Waals surface area contributed by atoms with E-state index in [2.05, 4.69) is 34.5 Å². The summed E-state index contributed by atoms with van der Waals surface area (Å²) in [6.45, 7) is 4.27. The summed E-state index contributed by atoms with van der Waals surface area (Å²) in [5.41, 5.74) is 3.46. The SMILES string of the molecule is COc1cccc(CO[C@H](CN2CCN(C(=O)N[C@H]3C[C@H]3c3ccccc3)CC2)c2ccc(Cl)cc2)c1. The molecule has 1 saturated carbocycles. The van der Waals surface area contributed by atoms with Crippen LogP contribution in [0.25, 0.3) is 0 Å². The summed E-state index contributed by atoms with van der Waals surface area (Å²) in [5, 5.41) is 3.94. The fourth-order valence-corrected chi connectivity index (χ4v) is 5.06. The van der Waals surface area contributed by atoms with Gasteiger partial charge in [0.1, 0.15) is 5.75 Å². The fraction of sp³-hybridized carbons (Fsp3) is 0.367. The van der Waals surface area contributed by atoms with Crippen molar-refractivity contribution in [1.29, 1.82) is 0 Å². The largest absolute Gasteiger partial charge is 0.497 e. The molecule has 1 heterocycles. The van der Waals surface area contributed by atoms with Crippen LogP contribution in [0.4, 0.5) is 4.79 Å². The van der Waals surface area contributed by atoms with Gasteiger partial charge in [-0.1, -0.05) is 66.2 Å². The van der Waals surface area contributed by atoms with Gasteiger partial charge >= 0.3 is 6.03 Å². The third-order valence-corrected chi connectivity index (χ3v) is 7.49. The summed E-state index contributed by atoms with van der Waals surface area (Å²) in [5.74, 6) is 1.26. The molecular formula is C30H34ClN3O3. The maximum atomic E-state index is 12.9. The first-order valence-electron chi connectivity index (χ1n) is 12.9. The molecule has 37 heavy (non-hydrogen) atoms. The zero-order valence-electron chi connectivity index (χ0n) is 21.2. The van der Waals surface area contributed by atoms with Crippen LogP contribution in [0.3, 0.4) is 0 Å². The third-order valence-electron chi connectivity index (χ3n) is 7.24. The maximum Gasteiger partial charge on any atom is 0.317 e. The number of methoxy groups -OCH3 is 1. The molecule has 6 nitrogen and oxygen atoms in total. The van der Waals surface area contributed by atoms with E-state index in [0.29, 0.717) is 30.6 Å². The van der Waals surface area contributed by atoms with Gasteiger partial charge in [0.2, 0.25) is 0 Å². The van der Waals surface area contributed by atoms with Crippen molar-refractivity contribution in [3.8, 4) is 5.75 Å². The average molecular weight is 520 g/mol. The zero-order valence-corrected chi connectivity index (χ0v) is 21.9. The summed E-state index contributed by atoms with van der Waals surface area (Å²) < 4.78 is 11.8. The second kappa shape index (κ2) is 12.0. The Hall–Kier alpha value is -3.06. The molecule has 2 fully saturated rings. The van der Waals surface area contributed by atoms with Crippen molar-refractivity contribution in [2.75, 3.05) is 39.8 Å². The predicted octanol–water partition coefficient (Wildman–Crippen LogP) is 5.49. The number of halogens is 1. The molecule has 7 heteroatoms. The molecule has 0 spiro atoms. The van der Waals surface area contributed by atoms with Gasteiger partial charge in [-0.3, -0.25) is 4.90 Å². The van der Waals surface area contributed by atoms with Crippen LogP contribution in [0.2, 0.25) is 5.02 Å². The molecular weight excluding hydrogens is 486 g/mol. The van der Waals surface area contributed by atoms with Crippen LogP contribution in [-0.4, -0.2) is 61.7 Å². The summed E-state index contributed by atoms with van der Waals surface area (Å²) in [4.78, 5) is 17.2. The van der Waals surface area contributed by atoms with E-state index in [1.54, 1.807) is 7.11 Å². The number of rotatable bonds is 9. The highest BCUT2D eigenvalue weighted by Gasteiger charge is 2.40. The van der Waals surface area contributed by atoms with Gasteiger partial charge in [-0.15, -0.1) is 0 Å². The van der Waals surface area contributed by atoms with Crippen LogP contribution in [0.5, 0.6) is 5.75 Å². The number of hydrogen-bond acceptors (Lipinski definition) is 4. The quantitative estimate of drug-likeness (QED) is 0.406. The maximum absolute atomic E-state index is 12.9. The van der Waals surface area contributed by atoms with Crippen LogP contribution in [-0.2, 0) is 11.3 Å². The molecule has 1 aliphatic heterocycles. The van der Waals surface area contributed by atoms with Crippen LogP contribution in [0, 0.1) is 0 Å². The van der Waals surface area contributed by atoms with Crippen molar-refractivity contribution in [2.45, 2.75) is 31.1 Å². The molecule has 5 rings (SSSR count). The Bertz CT molecular complexity index is 1170. The van der Waals surface area contributed by atoms with E-state index in [1.165, 1.54) is 5.56 Å². The van der Waals surface area contributed by atoms with Gasteiger partial charge in [0.05, 0.1) is 19.8 Å². The average Bonchev–Trinajstić information content (AvgIpc) is 3.71. The first kappa shape index (κ1) is 25.6. The molecule has 2 amide bonds. The van der Waals surface area contributed by atoms with Crippen molar-refractivity contribution in [3.05, 3.63) is 101 Å². The number of carbonyl (C=O) groups excluding carboxylic acids is 1. The van der Waals surface area contributed by atoms with Crippen molar-refractivity contribution < 1.29 is 14.3 Å². The Kier molecular flexibility index (Phi) is 8.29. The highest BCUT2D eigenvalue weighted by molar-refractivity contribution is 6.30. The number of nitrogens with zero attached hydrogens (tertiary/aromatic N) is 2. The number of amides is 2. The lowest BCUT2D eigenvalue weighted by Gasteiger charge is -2.36. The Morgan fingerprint density at radius 3 is 2.49 bits per heavy atom. The van der Waals surface area contributed by atoms with E-state index in [1.807, 2.05) is 59.5 Å². The highest BCUT2D eigenvalue weighted by Crippen LogP contribution is 2.40. The van der Waals surface area contributed by atoms with Gasteiger partial charge in [-0.2, -0.15) is 0 Å². The zero-order chi connectivity index (χ0) is 25.6. The van der Waals surface area contributed by atoms with Crippen LogP contribution in [0.15, 0.2) is 78.9 Å². The van der Waals surface area contributed by atoms with E-state index in [0.717, 1.165) is 42.9 Å². The van der Waals surface area contributed by atoms with Crippen molar-refractivity contribution >= 4 is 17.6 Å². The molecule has 2 aliphatic rings. The number of urea groups is 1. The second-order valence-electron chi connectivity index (χ2n) is 9.80. The molecule has 0 aromatic heterocycles. The molecule has 0 bridgehead atoms. The molecule has 0 radical (unpaired) electrons. The van der Waals surface area contributed by atoms with Gasteiger partial charge in [-0.25, -0.2) is 4.79 Å². The minimum Gasteiger partial charge on any atom is -0.497 e.